The number of nitro benzene ring substituents is 1. The smallest absolute Gasteiger partial charge is 0.307 e. The number of rotatable bonds is 6. The van der Waals surface area contributed by atoms with E-state index in [1.807, 2.05) is 13.0 Å². The fourth-order valence-electron chi connectivity index (χ4n) is 4.15. The van der Waals surface area contributed by atoms with Crippen LogP contribution in [0.3, 0.4) is 0 Å². The zero-order chi connectivity index (χ0) is 24.8. The van der Waals surface area contributed by atoms with Crippen LogP contribution in [0.4, 0.5) is 33.2 Å². The highest BCUT2D eigenvalue weighted by atomic mass is 19.1. The second-order valence-electron chi connectivity index (χ2n) is 9.30. The molecule has 2 aromatic heterocycles. The van der Waals surface area contributed by atoms with Gasteiger partial charge in [0.15, 0.2) is 0 Å². The van der Waals surface area contributed by atoms with Crippen molar-refractivity contribution in [3.05, 3.63) is 63.3 Å². The van der Waals surface area contributed by atoms with E-state index in [9.17, 15) is 14.5 Å². The van der Waals surface area contributed by atoms with Crippen molar-refractivity contribution >= 4 is 28.8 Å². The van der Waals surface area contributed by atoms with Crippen molar-refractivity contribution in [1.82, 2.24) is 15.0 Å². The topological polar surface area (TPSA) is 106 Å². The molecule has 0 saturated heterocycles. The van der Waals surface area contributed by atoms with E-state index in [2.05, 4.69) is 49.0 Å². The summed E-state index contributed by atoms with van der Waals surface area (Å²) in [6, 6.07) is 6.08. The Hall–Kier alpha value is -3.82. The van der Waals surface area contributed by atoms with Gasteiger partial charge in [0.25, 0.3) is 0 Å². The molecule has 4 rings (SSSR count). The van der Waals surface area contributed by atoms with Gasteiger partial charge in [-0.3, -0.25) is 15.1 Å². The summed E-state index contributed by atoms with van der Waals surface area (Å²) in [7, 11) is 1.36. The van der Waals surface area contributed by atoms with E-state index in [1.165, 1.54) is 7.11 Å². The molecule has 1 aromatic carbocycles. The summed E-state index contributed by atoms with van der Waals surface area (Å²) in [5.41, 5.74) is 3.23. The van der Waals surface area contributed by atoms with E-state index in [0.717, 1.165) is 40.6 Å². The van der Waals surface area contributed by atoms with E-state index < -0.39 is 16.4 Å². The van der Waals surface area contributed by atoms with Crippen LogP contribution < -0.4 is 15.0 Å². The Bertz CT molecular complexity index is 1280. The molecule has 3 aromatic rings. The van der Waals surface area contributed by atoms with Crippen LogP contribution in [-0.2, 0) is 5.41 Å². The molecular weight excluding hydrogens is 439 g/mol. The van der Waals surface area contributed by atoms with Crippen LogP contribution >= 0.6 is 0 Å². The second-order valence-corrected chi connectivity index (χ2v) is 9.30. The minimum Gasteiger partial charge on any atom is -0.494 e. The van der Waals surface area contributed by atoms with Crippen LogP contribution in [0.1, 0.15) is 50.6 Å². The molecule has 0 atom stereocenters. The third-order valence-electron chi connectivity index (χ3n) is 5.88. The predicted octanol–water partition coefficient (Wildman–Crippen LogP) is 5.53. The number of anilines is 4. The van der Waals surface area contributed by atoms with Gasteiger partial charge in [-0.05, 0) is 25.0 Å². The van der Waals surface area contributed by atoms with Gasteiger partial charge in [-0.15, -0.1) is 0 Å². The lowest BCUT2D eigenvalue weighted by Crippen LogP contribution is -2.27. The van der Waals surface area contributed by atoms with E-state index >= 15 is 0 Å². The second kappa shape index (κ2) is 8.51. The summed E-state index contributed by atoms with van der Waals surface area (Å²) >= 11 is 0. The Morgan fingerprint density at radius 2 is 2.00 bits per heavy atom. The van der Waals surface area contributed by atoms with Gasteiger partial charge in [0, 0.05) is 41.5 Å². The molecule has 3 heterocycles. The number of aryl methyl sites for hydroxylation is 1. The molecule has 0 fully saturated rings. The first-order valence-corrected chi connectivity index (χ1v) is 10.9. The molecule has 34 heavy (non-hydrogen) atoms. The first-order chi connectivity index (χ1) is 16.0. The number of hydrogen-bond acceptors (Lipinski definition) is 8. The van der Waals surface area contributed by atoms with Crippen molar-refractivity contribution in [2.45, 2.75) is 46.0 Å². The van der Waals surface area contributed by atoms with Gasteiger partial charge in [-0.2, -0.15) is 9.37 Å². The molecule has 0 amide bonds. The molecule has 1 aliphatic rings. The standard InChI is InChI=1S/C24H27FN6O3/c1-13(2)15-11-26-23(28-17-10-19(31(32)33)16(25)9-20(17)34-6)29-22(15)30-12-24(4,5)21-18(30)8-7-14(3)27-21/h7-11,13H,12H2,1-6H3,(H,26,28,29). The molecule has 0 aliphatic carbocycles. The van der Waals surface area contributed by atoms with Crippen molar-refractivity contribution in [1.29, 1.82) is 0 Å². The number of halogens is 1. The van der Waals surface area contributed by atoms with Gasteiger partial charge < -0.3 is 15.0 Å². The summed E-state index contributed by atoms with van der Waals surface area (Å²) < 4.78 is 19.3. The zero-order valence-electron chi connectivity index (χ0n) is 20.0. The number of fused-ring (bicyclic) bond motifs is 1. The van der Waals surface area contributed by atoms with Crippen LogP contribution in [0.2, 0.25) is 0 Å². The number of nitrogens with one attached hydrogen (secondary N) is 1. The van der Waals surface area contributed by atoms with Crippen molar-refractivity contribution in [3.63, 3.8) is 0 Å². The van der Waals surface area contributed by atoms with Gasteiger partial charge >= 0.3 is 5.69 Å². The maximum Gasteiger partial charge on any atom is 0.307 e. The summed E-state index contributed by atoms with van der Waals surface area (Å²) in [4.78, 5) is 26.6. The van der Waals surface area contributed by atoms with Crippen molar-refractivity contribution < 1.29 is 14.1 Å². The SMILES string of the molecule is COc1cc(F)c([N+](=O)[O-])cc1Nc1ncc(C(C)C)c(N2CC(C)(C)c3nc(C)ccc32)n1. The zero-order valence-corrected chi connectivity index (χ0v) is 20.0. The highest BCUT2D eigenvalue weighted by Gasteiger charge is 2.39. The normalized spacial score (nSPS) is 14.3. The Morgan fingerprint density at radius 3 is 2.65 bits per heavy atom. The van der Waals surface area contributed by atoms with E-state index in [-0.39, 0.29) is 28.7 Å². The Labute approximate surface area is 197 Å². The highest BCUT2D eigenvalue weighted by molar-refractivity contribution is 5.73. The molecule has 0 unspecified atom stereocenters. The number of aromatic nitrogens is 3. The van der Waals surface area contributed by atoms with Crippen LogP contribution in [0.5, 0.6) is 5.75 Å². The molecule has 0 bridgehead atoms. The number of nitrogens with zero attached hydrogens (tertiary/aromatic N) is 5. The maximum atomic E-state index is 14.1. The first kappa shape index (κ1) is 23.3. The van der Waals surface area contributed by atoms with Crippen molar-refractivity contribution in [3.8, 4) is 5.75 Å². The minimum atomic E-state index is -0.983. The van der Waals surface area contributed by atoms with Crippen LogP contribution in [0.25, 0.3) is 0 Å². The van der Waals surface area contributed by atoms with Gasteiger partial charge in [-0.25, -0.2) is 4.98 Å². The van der Waals surface area contributed by atoms with E-state index in [0.29, 0.717) is 6.54 Å². The summed E-state index contributed by atoms with van der Waals surface area (Å²) in [5.74, 6) is 0.206. The van der Waals surface area contributed by atoms with Crippen LogP contribution in [0, 0.1) is 22.9 Å². The summed E-state index contributed by atoms with van der Waals surface area (Å²) in [6.07, 6.45) is 1.74. The van der Waals surface area contributed by atoms with Gasteiger partial charge in [0.05, 0.1) is 29.1 Å². The third kappa shape index (κ3) is 4.11. The number of nitro groups is 1. The average Bonchev–Trinajstić information content (AvgIpc) is 3.04. The largest absolute Gasteiger partial charge is 0.494 e. The number of benzene rings is 1. The monoisotopic (exact) mass is 466 g/mol. The Morgan fingerprint density at radius 1 is 1.26 bits per heavy atom. The molecule has 10 heteroatoms. The molecule has 1 N–H and O–H groups in total. The third-order valence-corrected chi connectivity index (χ3v) is 5.88. The first-order valence-electron chi connectivity index (χ1n) is 10.9. The number of methoxy groups -OCH3 is 1. The fourth-order valence-corrected chi connectivity index (χ4v) is 4.15. The van der Waals surface area contributed by atoms with Crippen LogP contribution in [-0.4, -0.2) is 33.5 Å². The molecular formula is C24H27FN6O3. The molecule has 0 saturated carbocycles. The highest BCUT2D eigenvalue weighted by Crippen LogP contribution is 2.45. The predicted molar refractivity (Wildman–Crippen MR) is 128 cm³/mol. The Kier molecular flexibility index (Phi) is 5.84. The Balaban J connectivity index is 1.80. The van der Waals surface area contributed by atoms with Crippen molar-refractivity contribution in [2.75, 3.05) is 23.9 Å². The van der Waals surface area contributed by atoms with Gasteiger partial charge in [0.1, 0.15) is 11.6 Å². The molecule has 9 nitrogen and oxygen atoms in total. The number of ether oxygens (including phenoxy) is 1. The maximum absolute atomic E-state index is 14.1. The van der Waals surface area contributed by atoms with Gasteiger partial charge in [0.2, 0.25) is 11.8 Å². The lowest BCUT2D eigenvalue weighted by atomic mass is 9.91. The molecule has 0 spiro atoms. The molecule has 1 aliphatic heterocycles. The number of pyridine rings is 1. The molecule has 0 radical (unpaired) electrons. The van der Waals surface area contributed by atoms with Gasteiger partial charge in [-0.1, -0.05) is 27.7 Å². The number of hydrogen-bond donors (Lipinski definition) is 1. The van der Waals surface area contributed by atoms with Crippen LogP contribution in [0.15, 0.2) is 30.5 Å². The minimum absolute atomic E-state index is 0.105. The summed E-state index contributed by atoms with van der Waals surface area (Å²) in [5, 5.41) is 14.2. The lowest BCUT2D eigenvalue weighted by Gasteiger charge is -2.25. The fraction of sp³-hybridized carbons (Fsp3) is 0.375. The summed E-state index contributed by atoms with van der Waals surface area (Å²) in [6.45, 7) is 11.1. The van der Waals surface area contributed by atoms with E-state index in [4.69, 9.17) is 14.7 Å². The average molecular weight is 467 g/mol. The molecule has 178 valence electrons. The quantitative estimate of drug-likeness (QED) is 0.373. The van der Waals surface area contributed by atoms with E-state index in [1.54, 1.807) is 6.20 Å². The van der Waals surface area contributed by atoms with Crippen molar-refractivity contribution in [2.24, 2.45) is 0 Å². The lowest BCUT2D eigenvalue weighted by molar-refractivity contribution is -0.387.